The molecule has 19 heavy (non-hydrogen) atoms. The predicted octanol–water partition coefficient (Wildman–Crippen LogP) is 1.02. The van der Waals surface area contributed by atoms with Gasteiger partial charge in [0.05, 0.1) is 24.0 Å². The SMILES string of the molecule is O=C(Cn1cnc2ccccc21)N(CCO)C1CC1. The number of nitrogens with zero attached hydrogens (tertiary/aromatic N) is 3. The van der Waals surface area contributed by atoms with E-state index in [1.54, 1.807) is 11.2 Å². The molecule has 0 radical (unpaired) electrons. The molecule has 5 nitrogen and oxygen atoms in total. The molecule has 1 heterocycles. The number of aromatic nitrogens is 2. The highest BCUT2D eigenvalue weighted by atomic mass is 16.3. The van der Waals surface area contributed by atoms with Crippen LogP contribution >= 0.6 is 0 Å². The van der Waals surface area contributed by atoms with Gasteiger partial charge in [-0.05, 0) is 25.0 Å². The summed E-state index contributed by atoms with van der Waals surface area (Å²) in [6, 6.07) is 8.10. The Balaban J connectivity index is 1.78. The van der Waals surface area contributed by atoms with Gasteiger partial charge in [-0.1, -0.05) is 12.1 Å². The third-order valence-electron chi connectivity index (χ3n) is 3.48. The highest BCUT2D eigenvalue weighted by Crippen LogP contribution is 2.27. The first kappa shape index (κ1) is 12.2. The van der Waals surface area contributed by atoms with Gasteiger partial charge >= 0.3 is 0 Å². The summed E-state index contributed by atoms with van der Waals surface area (Å²) in [5.74, 6) is 0.0553. The fourth-order valence-corrected chi connectivity index (χ4v) is 2.38. The number of aliphatic hydroxyl groups is 1. The summed E-state index contributed by atoms with van der Waals surface area (Å²) in [6.45, 7) is 0.736. The second-order valence-corrected chi connectivity index (χ2v) is 4.90. The minimum absolute atomic E-state index is 0.0208. The van der Waals surface area contributed by atoms with Gasteiger partial charge in [0, 0.05) is 12.6 Å². The maximum Gasteiger partial charge on any atom is 0.242 e. The van der Waals surface area contributed by atoms with Crippen molar-refractivity contribution in [1.82, 2.24) is 14.5 Å². The molecule has 0 unspecified atom stereocenters. The molecule has 100 valence electrons. The summed E-state index contributed by atoms with van der Waals surface area (Å²) in [5, 5.41) is 9.05. The van der Waals surface area contributed by atoms with Crippen LogP contribution in [0.5, 0.6) is 0 Å². The van der Waals surface area contributed by atoms with Crippen molar-refractivity contribution in [3.05, 3.63) is 30.6 Å². The van der Waals surface area contributed by atoms with Crippen LogP contribution in [0.25, 0.3) is 11.0 Å². The average molecular weight is 259 g/mol. The Hall–Kier alpha value is -1.88. The van der Waals surface area contributed by atoms with Gasteiger partial charge < -0.3 is 14.6 Å². The van der Waals surface area contributed by atoms with Crippen LogP contribution in [-0.4, -0.2) is 44.7 Å². The molecule has 1 amide bonds. The smallest absolute Gasteiger partial charge is 0.242 e. The van der Waals surface area contributed by atoms with E-state index in [0.717, 1.165) is 23.9 Å². The van der Waals surface area contributed by atoms with Crippen LogP contribution in [0.4, 0.5) is 0 Å². The van der Waals surface area contributed by atoms with Gasteiger partial charge in [-0.15, -0.1) is 0 Å². The van der Waals surface area contributed by atoms with E-state index < -0.39 is 0 Å². The van der Waals surface area contributed by atoms with Crippen molar-refractivity contribution < 1.29 is 9.90 Å². The highest BCUT2D eigenvalue weighted by molar-refractivity contribution is 5.81. The van der Waals surface area contributed by atoms with Crippen LogP contribution in [0.1, 0.15) is 12.8 Å². The Labute approximate surface area is 111 Å². The van der Waals surface area contributed by atoms with E-state index in [2.05, 4.69) is 4.98 Å². The average Bonchev–Trinajstić information content (AvgIpc) is 3.19. The number of fused-ring (bicyclic) bond motifs is 1. The Morgan fingerprint density at radius 3 is 2.95 bits per heavy atom. The summed E-state index contributed by atoms with van der Waals surface area (Å²) in [5.41, 5.74) is 1.87. The van der Waals surface area contributed by atoms with E-state index in [1.807, 2.05) is 28.8 Å². The van der Waals surface area contributed by atoms with Crippen molar-refractivity contribution in [2.45, 2.75) is 25.4 Å². The molecular weight excluding hydrogens is 242 g/mol. The summed E-state index contributed by atoms with van der Waals surface area (Å²) in [7, 11) is 0. The molecule has 5 heteroatoms. The largest absolute Gasteiger partial charge is 0.395 e. The molecule has 1 aromatic carbocycles. The minimum atomic E-state index is 0.0208. The van der Waals surface area contributed by atoms with Gasteiger partial charge in [-0.3, -0.25) is 4.79 Å². The lowest BCUT2D eigenvalue weighted by molar-refractivity contribution is -0.132. The number of carbonyl (C=O) groups excluding carboxylic acids is 1. The molecule has 0 bridgehead atoms. The molecule has 3 rings (SSSR count). The Morgan fingerprint density at radius 2 is 2.21 bits per heavy atom. The van der Waals surface area contributed by atoms with Crippen LogP contribution in [0.2, 0.25) is 0 Å². The van der Waals surface area contributed by atoms with E-state index in [0.29, 0.717) is 12.6 Å². The number of para-hydroxylation sites is 2. The normalized spacial score (nSPS) is 14.8. The number of hydrogen-bond acceptors (Lipinski definition) is 3. The highest BCUT2D eigenvalue weighted by Gasteiger charge is 2.32. The molecule has 1 fully saturated rings. The van der Waals surface area contributed by atoms with Gasteiger partial charge in [0.25, 0.3) is 0 Å². The zero-order valence-corrected chi connectivity index (χ0v) is 10.7. The van der Waals surface area contributed by atoms with Crippen LogP contribution in [0.15, 0.2) is 30.6 Å². The summed E-state index contributed by atoms with van der Waals surface area (Å²) in [6.07, 6.45) is 3.80. The van der Waals surface area contributed by atoms with Crippen LogP contribution in [-0.2, 0) is 11.3 Å². The predicted molar refractivity (Wildman–Crippen MR) is 71.6 cm³/mol. The number of carbonyl (C=O) groups is 1. The van der Waals surface area contributed by atoms with Gasteiger partial charge in [0.15, 0.2) is 0 Å². The van der Waals surface area contributed by atoms with Crippen molar-refractivity contribution in [3.63, 3.8) is 0 Å². The van der Waals surface area contributed by atoms with Crippen LogP contribution in [0, 0.1) is 0 Å². The molecule has 1 saturated carbocycles. The molecule has 1 aliphatic rings. The van der Waals surface area contributed by atoms with E-state index >= 15 is 0 Å². The zero-order chi connectivity index (χ0) is 13.2. The van der Waals surface area contributed by atoms with Crippen molar-refractivity contribution in [1.29, 1.82) is 0 Å². The lowest BCUT2D eigenvalue weighted by Gasteiger charge is -2.21. The Bertz CT molecular complexity index is 589. The van der Waals surface area contributed by atoms with E-state index in [4.69, 9.17) is 5.11 Å². The Morgan fingerprint density at radius 1 is 1.42 bits per heavy atom. The van der Waals surface area contributed by atoms with Crippen molar-refractivity contribution in [2.24, 2.45) is 0 Å². The summed E-state index contributed by atoms with van der Waals surface area (Å²) < 4.78 is 1.87. The second kappa shape index (κ2) is 5.01. The summed E-state index contributed by atoms with van der Waals surface area (Å²) >= 11 is 0. The van der Waals surface area contributed by atoms with Crippen molar-refractivity contribution >= 4 is 16.9 Å². The third-order valence-corrected chi connectivity index (χ3v) is 3.48. The number of imidazole rings is 1. The molecule has 0 aliphatic heterocycles. The molecule has 0 spiro atoms. The number of benzene rings is 1. The van der Waals surface area contributed by atoms with Crippen LogP contribution in [0.3, 0.4) is 0 Å². The lowest BCUT2D eigenvalue weighted by Crippen LogP contribution is -2.37. The topological polar surface area (TPSA) is 58.4 Å². The van der Waals surface area contributed by atoms with Gasteiger partial charge in [0.1, 0.15) is 6.54 Å². The van der Waals surface area contributed by atoms with Gasteiger partial charge in [-0.25, -0.2) is 4.98 Å². The maximum atomic E-state index is 12.3. The quantitative estimate of drug-likeness (QED) is 0.872. The number of aliphatic hydroxyl groups excluding tert-OH is 1. The molecule has 0 atom stereocenters. The molecular formula is C14H17N3O2. The fourth-order valence-electron chi connectivity index (χ4n) is 2.38. The molecule has 1 aromatic heterocycles. The van der Waals surface area contributed by atoms with Crippen molar-refractivity contribution in [2.75, 3.05) is 13.2 Å². The Kier molecular flexibility index (Phi) is 3.21. The molecule has 0 saturated heterocycles. The molecule has 2 aromatic rings. The number of rotatable bonds is 5. The first-order valence-electron chi connectivity index (χ1n) is 6.60. The third kappa shape index (κ3) is 2.46. The first-order chi connectivity index (χ1) is 9.29. The van der Waals surface area contributed by atoms with E-state index in [1.165, 1.54) is 0 Å². The second-order valence-electron chi connectivity index (χ2n) is 4.90. The molecule has 1 aliphatic carbocycles. The monoisotopic (exact) mass is 259 g/mol. The van der Waals surface area contributed by atoms with Gasteiger partial charge in [-0.2, -0.15) is 0 Å². The standard InChI is InChI=1S/C14H17N3O2/c18-8-7-17(11-5-6-11)14(19)9-16-10-15-12-3-1-2-4-13(12)16/h1-4,10-11,18H,5-9H2. The van der Waals surface area contributed by atoms with Gasteiger partial charge in [0.2, 0.25) is 5.91 Å². The number of amides is 1. The lowest BCUT2D eigenvalue weighted by atomic mass is 10.3. The zero-order valence-electron chi connectivity index (χ0n) is 10.7. The maximum absolute atomic E-state index is 12.3. The van der Waals surface area contributed by atoms with E-state index in [9.17, 15) is 4.79 Å². The first-order valence-corrected chi connectivity index (χ1v) is 6.60. The van der Waals surface area contributed by atoms with Crippen LogP contribution < -0.4 is 0 Å². The van der Waals surface area contributed by atoms with E-state index in [-0.39, 0.29) is 19.1 Å². The van der Waals surface area contributed by atoms with Crippen molar-refractivity contribution in [3.8, 4) is 0 Å². The fraction of sp³-hybridized carbons (Fsp3) is 0.429. The summed E-state index contributed by atoms with van der Waals surface area (Å²) in [4.78, 5) is 18.4. The molecule has 1 N–H and O–H groups in total. The number of hydrogen-bond donors (Lipinski definition) is 1. The minimum Gasteiger partial charge on any atom is -0.395 e.